The fraction of sp³-hybridized carbons (Fsp3) is 0.944. The average Bonchev–Trinajstić information content (AvgIpc) is 3.29. The molecule has 0 bridgehead atoms. The van der Waals surface area contributed by atoms with Gasteiger partial charge in [0, 0.05) is 12.8 Å². The molecule has 1 rings (SSSR count). The van der Waals surface area contributed by atoms with E-state index in [1.54, 1.807) is 0 Å². The molecule has 0 spiro atoms. The molecule has 4 N–H and O–H groups in total. The zero-order valence-corrected chi connectivity index (χ0v) is 42.0. The van der Waals surface area contributed by atoms with E-state index in [4.69, 9.17) is 18.9 Å². The standard InChI is InChI=1S/C54H102O11/c1-3-5-7-9-11-13-15-17-19-21-22-23-24-25-26-27-29-30-32-34-36-38-40-42-47(55)62-44-46(45-63-54-51(59)49(57)50(58)52(65-54)53(60)61)64-48(56)43-41-39-37-35-33-31-28-20-18-16-14-12-10-8-6-4-2/h46,49-52,54,57-59H,3-45H2,1-2H3,(H,60,61). The number of hydrogen-bond donors (Lipinski definition) is 4. The van der Waals surface area contributed by atoms with E-state index in [-0.39, 0.29) is 26.1 Å². The molecular weight excluding hydrogens is 825 g/mol. The molecule has 0 aromatic heterocycles. The molecule has 0 aromatic carbocycles. The second kappa shape index (κ2) is 44.7. The van der Waals surface area contributed by atoms with E-state index in [0.29, 0.717) is 12.8 Å². The summed E-state index contributed by atoms with van der Waals surface area (Å²) in [4.78, 5) is 37.0. The van der Waals surface area contributed by atoms with Gasteiger partial charge in [0.15, 0.2) is 18.5 Å². The van der Waals surface area contributed by atoms with Crippen LogP contribution in [0.1, 0.15) is 277 Å². The van der Waals surface area contributed by atoms with Crippen molar-refractivity contribution in [2.24, 2.45) is 0 Å². The number of carboxylic acids is 1. The Bertz CT molecular complexity index is 1090. The number of carboxylic acid groups (broad SMARTS) is 1. The highest BCUT2D eigenvalue weighted by Crippen LogP contribution is 2.23. The number of carbonyl (C=O) groups is 3. The number of carbonyl (C=O) groups excluding carboxylic acids is 2. The van der Waals surface area contributed by atoms with Gasteiger partial charge in [-0.3, -0.25) is 9.59 Å². The number of unbranched alkanes of at least 4 members (excludes halogenated alkanes) is 37. The van der Waals surface area contributed by atoms with Crippen molar-refractivity contribution < 1.29 is 53.8 Å². The summed E-state index contributed by atoms with van der Waals surface area (Å²) in [5, 5.41) is 40.0. The molecule has 11 nitrogen and oxygen atoms in total. The Hall–Kier alpha value is -1.79. The molecule has 6 unspecified atom stereocenters. The third-order valence-electron chi connectivity index (χ3n) is 13.2. The number of aliphatic hydroxyl groups is 3. The summed E-state index contributed by atoms with van der Waals surface area (Å²) < 4.78 is 21.9. The van der Waals surface area contributed by atoms with Crippen LogP contribution in [-0.4, -0.2) is 88.4 Å². The highest BCUT2D eigenvalue weighted by atomic mass is 16.7. The van der Waals surface area contributed by atoms with Crippen molar-refractivity contribution in [3.63, 3.8) is 0 Å². The lowest BCUT2D eigenvalue weighted by Gasteiger charge is -2.38. The Kier molecular flexibility index (Phi) is 42.1. The zero-order valence-electron chi connectivity index (χ0n) is 42.0. The summed E-state index contributed by atoms with van der Waals surface area (Å²) in [5.74, 6) is -2.41. The number of rotatable bonds is 48. The maximum Gasteiger partial charge on any atom is 0.335 e. The fourth-order valence-corrected chi connectivity index (χ4v) is 8.88. The second-order valence-corrected chi connectivity index (χ2v) is 19.4. The smallest absolute Gasteiger partial charge is 0.335 e. The van der Waals surface area contributed by atoms with E-state index >= 15 is 0 Å². The molecule has 384 valence electrons. The first-order valence-electron chi connectivity index (χ1n) is 27.6. The molecular formula is C54H102O11. The van der Waals surface area contributed by atoms with E-state index in [2.05, 4.69) is 13.8 Å². The van der Waals surface area contributed by atoms with Gasteiger partial charge < -0.3 is 39.4 Å². The first kappa shape index (κ1) is 61.2. The Morgan fingerprint density at radius 2 is 0.723 bits per heavy atom. The van der Waals surface area contributed by atoms with E-state index < -0.39 is 54.7 Å². The van der Waals surface area contributed by atoms with Crippen LogP contribution in [0.4, 0.5) is 0 Å². The molecule has 65 heavy (non-hydrogen) atoms. The van der Waals surface area contributed by atoms with Gasteiger partial charge in [-0.1, -0.05) is 251 Å². The average molecular weight is 927 g/mol. The molecule has 0 aromatic rings. The van der Waals surface area contributed by atoms with Crippen LogP contribution in [0, 0.1) is 0 Å². The second-order valence-electron chi connectivity index (χ2n) is 19.4. The lowest BCUT2D eigenvalue weighted by atomic mass is 9.99. The van der Waals surface area contributed by atoms with Gasteiger partial charge in [0.25, 0.3) is 0 Å². The van der Waals surface area contributed by atoms with Crippen LogP contribution in [0.3, 0.4) is 0 Å². The van der Waals surface area contributed by atoms with Crippen LogP contribution < -0.4 is 0 Å². The lowest BCUT2D eigenvalue weighted by molar-refractivity contribution is -0.298. The normalized spacial score (nSPS) is 19.1. The number of esters is 2. The molecule has 0 amide bonds. The van der Waals surface area contributed by atoms with E-state index in [9.17, 15) is 34.8 Å². The lowest BCUT2D eigenvalue weighted by Crippen LogP contribution is -2.60. The minimum atomic E-state index is -1.86. The van der Waals surface area contributed by atoms with Crippen LogP contribution in [-0.2, 0) is 33.3 Å². The summed E-state index contributed by atoms with van der Waals surface area (Å²) in [6.45, 7) is 3.88. The van der Waals surface area contributed by atoms with Crippen LogP contribution in [0.15, 0.2) is 0 Å². The topological polar surface area (TPSA) is 169 Å². The molecule has 0 radical (unpaired) electrons. The Balaban J connectivity index is 2.22. The first-order chi connectivity index (χ1) is 31.7. The summed E-state index contributed by atoms with van der Waals surface area (Å²) in [6, 6.07) is 0. The van der Waals surface area contributed by atoms with E-state index in [1.807, 2.05) is 0 Å². The molecule has 1 saturated heterocycles. The Morgan fingerprint density at radius 3 is 1.05 bits per heavy atom. The van der Waals surface area contributed by atoms with Gasteiger partial charge in [-0.2, -0.15) is 0 Å². The predicted octanol–water partition coefficient (Wildman–Crippen LogP) is 13.4. The molecule has 11 heteroatoms. The highest BCUT2D eigenvalue weighted by molar-refractivity contribution is 5.73. The van der Waals surface area contributed by atoms with Gasteiger partial charge in [-0.15, -0.1) is 0 Å². The summed E-state index contributed by atoms with van der Waals surface area (Å²) in [5.41, 5.74) is 0. The van der Waals surface area contributed by atoms with Crippen LogP contribution in [0.5, 0.6) is 0 Å². The summed E-state index contributed by atoms with van der Waals surface area (Å²) in [7, 11) is 0. The fourth-order valence-electron chi connectivity index (χ4n) is 8.88. The molecule has 1 heterocycles. The number of aliphatic hydroxyl groups excluding tert-OH is 3. The highest BCUT2D eigenvalue weighted by Gasteiger charge is 2.47. The number of aliphatic carboxylic acids is 1. The van der Waals surface area contributed by atoms with Crippen molar-refractivity contribution in [2.75, 3.05) is 13.2 Å². The molecule has 0 saturated carbocycles. The van der Waals surface area contributed by atoms with Crippen molar-refractivity contribution in [1.29, 1.82) is 0 Å². The number of hydrogen-bond acceptors (Lipinski definition) is 10. The van der Waals surface area contributed by atoms with Crippen LogP contribution >= 0.6 is 0 Å². The van der Waals surface area contributed by atoms with Gasteiger partial charge >= 0.3 is 17.9 Å². The van der Waals surface area contributed by atoms with Gasteiger partial charge in [0.1, 0.15) is 24.9 Å². The van der Waals surface area contributed by atoms with Crippen molar-refractivity contribution >= 4 is 17.9 Å². The van der Waals surface area contributed by atoms with E-state index in [0.717, 1.165) is 38.5 Å². The Morgan fingerprint density at radius 1 is 0.415 bits per heavy atom. The minimum absolute atomic E-state index is 0.191. The van der Waals surface area contributed by atoms with Gasteiger partial charge in [-0.25, -0.2) is 4.79 Å². The van der Waals surface area contributed by atoms with Crippen molar-refractivity contribution in [2.45, 2.75) is 314 Å². The molecule has 1 aliphatic rings. The quantitative estimate of drug-likeness (QED) is 0.0338. The maximum atomic E-state index is 12.8. The third kappa shape index (κ3) is 35.9. The SMILES string of the molecule is CCCCCCCCCCCCCCCCCCCCCCCCCC(=O)OCC(COC1OC(C(=O)O)C(O)C(O)C1O)OC(=O)CCCCCCCCCCCCCCCCCC. The molecule has 0 aliphatic carbocycles. The number of ether oxygens (including phenoxy) is 4. The summed E-state index contributed by atoms with van der Waals surface area (Å²) >= 11 is 0. The Labute approximate surface area is 397 Å². The third-order valence-corrected chi connectivity index (χ3v) is 13.2. The first-order valence-corrected chi connectivity index (χ1v) is 27.6. The van der Waals surface area contributed by atoms with Crippen molar-refractivity contribution in [3.05, 3.63) is 0 Å². The van der Waals surface area contributed by atoms with Crippen molar-refractivity contribution in [3.8, 4) is 0 Å². The van der Waals surface area contributed by atoms with Gasteiger partial charge in [0.05, 0.1) is 6.61 Å². The monoisotopic (exact) mass is 927 g/mol. The molecule has 6 atom stereocenters. The van der Waals surface area contributed by atoms with E-state index in [1.165, 1.54) is 199 Å². The molecule has 1 aliphatic heterocycles. The molecule has 1 fully saturated rings. The van der Waals surface area contributed by atoms with Crippen molar-refractivity contribution in [1.82, 2.24) is 0 Å². The summed E-state index contributed by atoms with van der Waals surface area (Å²) in [6.07, 6.45) is 40.2. The zero-order chi connectivity index (χ0) is 47.4. The predicted molar refractivity (Wildman–Crippen MR) is 262 cm³/mol. The maximum absolute atomic E-state index is 12.8. The largest absolute Gasteiger partial charge is 0.479 e. The minimum Gasteiger partial charge on any atom is -0.479 e. The van der Waals surface area contributed by atoms with Gasteiger partial charge in [-0.05, 0) is 12.8 Å². The van der Waals surface area contributed by atoms with Gasteiger partial charge in [0.2, 0.25) is 0 Å². The van der Waals surface area contributed by atoms with Crippen LogP contribution in [0.25, 0.3) is 0 Å². The van der Waals surface area contributed by atoms with Crippen LogP contribution in [0.2, 0.25) is 0 Å².